The fourth-order valence-corrected chi connectivity index (χ4v) is 2.84. The third kappa shape index (κ3) is 2.97. The van der Waals surface area contributed by atoms with Crippen LogP contribution in [0.3, 0.4) is 0 Å². The van der Waals surface area contributed by atoms with Crippen LogP contribution in [0.4, 0.5) is 8.78 Å². The molecular weight excluding hydrogens is 297 g/mol. The molecule has 2 nitrogen and oxygen atoms in total. The topological polar surface area (TPSA) is 18.5 Å². The van der Waals surface area contributed by atoms with Crippen molar-refractivity contribution in [3.8, 4) is 0 Å². The molecule has 1 saturated carbocycles. The molecule has 0 unspecified atom stereocenters. The van der Waals surface area contributed by atoms with Gasteiger partial charge in [-0.05, 0) is 64.2 Å². The Balaban J connectivity index is 1.74. The predicted molar refractivity (Wildman–Crippen MR) is 88.2 cm³/mol. The number of hydrogen-bond donors (Lipinski definition) is 0. The van der Waals surface area contributed by atoms with Crippen molar-refractivity contribution in [2.24, 2.45) is 0 Å². The standard InChI is InChI=1S/C18H23BF2O2/c1-16(2)17(3,4)23-19(22-16)15(20)12-13-6-8-14(9-7-13)18(21)10-5-11-18/h6-9,12H,5,10-11H2,1-4H3. The summed E-state index contributed by atoms with van der Waals surface area (Å²) in [6, 6.07) is 6.95. The van der Waals surface area contributed by atoms with Crippen LogP contribution in [0, 0.1) is 0 Å². The van der Waals surface area contributed by atoms with Gasteiger partial charge >= 0.3 is 7.12 Å². The first kappa shape index (κ1) is 16.7. The van der Waals surface area contributed by atoms with Crippen molar-refractivity contribution in [2.75, 3.05) is 0 Å². The lowest BCUT2D eigenvalue weighted by atomic mass is 9.76. The van der Waals surface area contributed by atoms with E-state index in [1.165, 1.54) is 6.08 Å². The molecule has 0 N–H and O–H groups in total. The zero-order valence-electron chi connectivity index (χ0n) is 14.2. The van der Waals surface area contributed by atoms with Crippen molar-refractivity contribution in [3.63, 3.8) is 0 Å². The minimum absolute atomic E-state index is 0.477. The maximum absolute atomic E-state index is 14.4. The van der Waals surface area contributed by atoms with Crippen LogP contribution in [0.25, 0.3) is 6.08 Å². The van der Waals surface area contributed by atoms with Gasteiger partial charge in [-0.1, -0.05) is 24.3 Å². The Hall–Kier alpha value is -1.20. The molecule has 3 rings (SSSR count). The molecule has 1 aliphatic heterocycles. The summed E-state index contributed by atoms with van der Waals surface area (Å²) in [5.41, 5.74) is -1.46. The van der Waals surface area contributed by atoms with Crippen LogP contribution in [0.2, 0.25) is 0 Å². The summed E-state index contributed by atoms with van der Waals surface area (Å²) in [6.07, 6.45) is 3.46. The average molecular weight is 320 g/mol. The number of benzene rings is 1. The molecule has 1 saturated heterocycles. The minimum Gasteiger partial charge on any atom is -0.398 e. The Bertz CT molecular complexity index is 602. The predicted octanol–water partition coefficient (Wildman–Crippen LogP) is 4.98. The first-order valence-corrected chi connectivity index (χ1v) is 8.15. The SMILES string of the molecule is CC1(C)OB(C(F)=Cc2ccc(C3(F)CCC3)cc2)OC1(C)C. The molecule has 2 fully saturated rings. The molecule has 0 radical (unpaired) electrons. The second-order valence-electron chi connectivity index (χ2n) is 7.56. The maximum Gasteiger partial charge on any atom is 0.525 e. The lowest BCUT2D eigenvalue weighted by molar-refractivity contribution is 0.00578. The van der Waals surface area contributed by atoms with Crippen LogP contribution in [-0.2, 0) is 15.0 Å². The van der Waals surface area contributed by atoms with Crippen molar-refractivity contribution < 1.29 is 18.1 Å². The molecule has 23 heavy (non-hydrogen) atoms. The highest BCUT2D eigenvalue weighted by Gasteiger charge is 2.53. The number of rotatable bonds is 3. The third-order valence-electron chi connectivity index (χ3n) is 5.36. The van der Waals surface area contributed by atoms with Gasteiger partial charge in [0.05, 0.1) is 11.2 Å². The Morgan fingerprint density at radius 3 is 2.00 bits per heavy atom. The minimum atomic E-state index is -1.19. The normalized spacial score (nSPS) is 25.3. The summed E-state index contributed by atoms with van der Waals surface area (Å²) in [5.74, 6) is 0. The van der Waals surface area contributed by atoms with E-state index >= 15 is 0 Å². The van der Waals surface area contributed by atoms with Gasteiger partial charge < -0.3 is 9.31 Å². The van der Waals surface area contributed by atoms with Crippen molar-refractivity contribution in [2.45, 2.75) is 63.8 Å². The fraction of sp³-hybridized carbons (Fsp3) is 0.556. The van der Waals surface area contributed by atoms with E-state index in [1.54, 1.807) is 24.3 Å². The summed E-state index contributed by atoms with van der Waals surface area (Å²) in [7, 11) is -1.00. The quantitative estimate of drug-likeness (QED) is 0.732. The molecule has 5 heteroatoms. The van der Waals surface area contributed by atoms with Gasteiger partial charge in [-0.25, -0.2) is 8.78 Å². The van der Waals surface area contributed by atoms with Crippen LogP contribution >= 0.6 is 0 Å². The van der Waals surface area contributed by atoms with Gasteiger partial charge in [0, 0.05) is 0 Å². The fourth-order valence-electron chi connectivity index (χ4n) is 2.84. The van der Waals surface area contributed by atoms with Gasteiger partial charge in [-0.3, -0.25) is 0 Å². The summed E-state index contributed by atoms with van der Waals surface area (Å²) >= 11 is 0. The van der Waals surface area contributed by atoms with Gasteiger partial charge in [0.25, 0.3) is 0 Å². The van der Waals surface area contributed by atoms with Crippen molar-refractivity contribution in [3.05, 3.63) is 41.1 Å². The summed E-state index contributed by atoms with van der Waals surface area (Å²) in [6.45, 7) is 7.53. The van der Waals surface area contributed by atoms with Gasteiger partial charge in [0.2, 0.25) is 0 Å². The third-order valence-corrected chi connectivity index (χ3v) is 5.36. The Kier molecular flexibility index (Phi) is 3.92. The molecule has 1 aromatic carbocycles. The molecule has 124 valence electrons. The summed E-state index contributed by atoms with van der Waals surface area (Å²) < 4.78 is 40.1. The lowest BCUT2D eigenvalue weighted by Crippen LogP contribution is -2.41. The smallest absolute Gasteiger partial charge is 0.398 e. The second-order valence-corrected chi connectivity index (χ2v) is 7.56. The first-order chi connectivity index (χ1) is 10.6. The molecule has 1 aliphatic carbocycles. The van der Waals surface area contributed by atoms with Crippen LogP contribution in [0.15, 0.2) is 30.0 Å². The van der Waals surface area contributed by atoms with Crippen LogP contribution in [-0.4, -0.2) is 18.3 Å². The van der Waals surface area contributed by atoms with Gasteiger partial charge in [0.15, 0.2) is 0 Å². The molecule has 1 heterocycles. The highest BCUT2D eigenvalue weighted by molar-refractivity contribution is 6.54. The molecule has 0 atom stereocenters. The number of alkyl halides is 1. The van der Waals surface area contributed by atoms with Crippen molar-refractivity contribution in [1.29, 1.82) is 0 Å². The van der Waals surface area contributed by atoms with Crippen LogP contribution in [0.1, 0.15) is 58.1 Å². The Morgan fingerprint density at radius 1 is 1.04 bits per heavy atom. The maximum atomic E-state index is 14.4. The van der Waals surface area contributed by atoms with E-state index < -0.39 is 29.7 Å². The summed E-state index contributed by atoms with van der Waals surface area (Å²) in [5, 5.41) is 0. The van der Waals surface area contributed by atoms with E-state index in [9.17, 15) is 8.78 Å². The molecule has 1 aromatic rings. The molecule has 2 aliphatic rings. The van der Waals surface area contributed by atoms with E-state index in [2.05, 4.69) is 0 Å². The van der Waals surface area contributed by atoms with E-state index in [0.717, 1.165) is 6.42 Å². The lowest BCUT2D eigenvalue weighted by Gasteiger charge is -2.34. The van der Waals surface area contributed by atoms with Gasteiger partial charge in [0.1, 0.15) is 11.4 Å². The second kappa shape index (κ2) is 5.42. The molecule has 0 bridgehead atoms. The first-order valence-electron chi connectivity index (χ1n) is 8.15. The highest BCUT2D eigenvalue weighted by atomic mass is 19.1. The zero-order valence-corrected chi connectivity index (χ0v) is 14.2. The van der Waals surface area contributed by atoms with Gasteiger partial charge in [-0.15, -0.1) is 0 Å². The van der Waals surface area contributed by atoms with E-state index in [4.69, 9.17) is 9.31 Å². The van der Waals surface area contributed by atoms with Crippen LogP contribution < -0.4 is 0 Å². The average Bonchev–Trinajstić information content (AvgIpc) is 2.66. The van der Waals surface area contributed by atoms with E-state index in [1.807, 2.05) is 27.7 Å². The molecule has 0 spiro atoms. The Morgan fingerprint density at radius 2 is 1.57 bits per heavy atom. The van der Waals surface area contributed by atoms with Crippen molar-refractivity contribution >= 4 is 13.2 Å². The molecule has 0 aromatic heterocycles. The van der Waals surface area contributed by atoms with Crippen LogP contribution in [0.5, 0.6) is 0 Å². The van der Waals surface area contributed by atoms with E-state index in [-0.39, 0.29) is 0 Å². The molecular formula is C18H23BF2O2. The van der Waals surface area contributed by atoms with E-state index in [0.29, 0.717) is 24.0 Å². The highest BCUT2D eigenvalue weighted by Crippen LogP contribution is 2.45. The monoisotopic (exact) mass is 320 g/mol. The molecule has 0 amide bonds. The summed E-state index contributed by atoms with van der Waals surface area (Å²) in [4.78, 5) is 0. The zero-order chi connectivity index (χ0) is 16.9. The van der Waals surface area contributed by atoms with Gasteiger partial charge in [-0.2, -0.15) is 0 Å². The largest absolute Gasteiger partial charge is 0.525 e. The van der Waals surface area contributed by atoms with Crippen molar-refractivity contribution in [1.82, 2.24) is 0 Å². The number of halogens is 2. The Labute approximate surface area is 137 Å². The number of hydrogen-bond acceptors (Lipinski definition) is 2.